The van der Waals surface area contributed by atoms with Crippen molar-refractivity contribution >= 4 is 11.3 Å². The van der Waals surface area contributed by atoms with Crippen LogP contribution < -0.4 is 5.32 Å². The topological polar surface area (TPSA) is 37.8 Å². The third-order valence-corrected chi connectivity index (χ3v) is 4.44. The van der Waals surface area contributed by atoms with Crippen LogP contribution in [0, 0.1) is 5.92 Å². The Morgan fingerprint density at radius 3 is 2.63 bits per heavy atom. The molecule has 0 fully saturated rings. The van der Waals surface area contributed by atoms with E-state index >= 15 is 0 Å². The first-order valence-electron chi connectivity index (χ1n) is 7.70. The number of aromatic nitrogens is 2. The molecule has 1 rings (SSSR count). The predicted octanol–water partition coefficient (Wildman–Crippen LogP) is 4.01. The van der Waals surface area contributed by atoms with Gasteiger partial charge in [-0.05, 0) is 25.3 Å². The van der Waals surface area contributed by atoms with Crippen LogP contribution in [0.3, 0.4) is 0 Å². The summed E-state index contributed by atoms with van der Waals surface area (Å²) >= 11 is 1.81. The molecule has 0 aliphatic rings. The van der Waals surface area contributed by atoms with Crippen LogP contribution in [0.5, 0.6) is 0 Å². The molecule has 0 aliphatic heterocycles. The number of nitrogens with one attached hydrogen (secondary N) is 1. The van der Waals surface area contributed by atoms with Crippen molar-refractivity contribution in [3.8, 4) is 0 Å². The van der Waals surface area contributed by atoms with Gasteiger partial charge in [-0.2, -0.15) is 0 Å². The van der Waals surface area contributed by atoms with Crippen molar-refractivity contribution in [2.45, 2.75) is 65.7 Å². The van der Waals surface area contributed by atoms with Gasteiger partial charge in [-0.25, -0.2) is 0 Å². The molecule has 1 aromatic heterocycles. The molecule has 0 aliphatic carbocycles. The molecule has 1 aromatic rings. The molecule has 110 valence electrons. The standard InChI is InChI=1S/C15H29N3S/c1-5-7-8-13(6-2)15-18-17-14(19-15)9-10-16-11-12(3)4/h12-13,16H,5-11H2,1-4H3. The van der Waals surface area contributed by atoms with E-state index in [-0.39, 0.29) is 0 Å². The lowest BCUT2D eigenvalue weighted by Crippen LogP contribution is -2.22. The molecule has 0 spiro atoms. The van der Waals surface area contributed by atoms with Gasteiger partial charge in [0.25, 0.3) is 0 Å². The average molecular weight is 283 g/mol. The van der Waals surface area contributed by atoms with Crippen LogP contribution in [0.4, 0.5) is 0 Å². The average Bonchev–Trinajstić information content (AvgIpc) is 2.84. The highest BCUT2D eigenvalue weighted by Gasteiger charge is 2.14. The number of nitrogens with zero attached hydrogens (tertiary/aromatic N) is 2. The smallest absolute Gasteiger partial charge is 0.120 e. The number of hydrogen-bond donors (Lipinski definition) is 1. The Morgan fingerprint density at radius 2 is 2.00 bits per heavy atom. The van der Waals surface area contributed by atoms with Crippen LogP contribution in [0.2, 0.25) is 0 Å². The van der Waals surface area contributed by atoms with Crippen LogP contribution in [-0.2, 0) is 6.42 Å². The Kier molecular flexibility index (Phi) is 8.22. The molecule has 0 bridgehead atoms. The van der Waals surface area contributed by atoms with Crippen LogP contribution >= 0.6 is 11.3 Å². The summed E-state index contributed by atoms with van der Waals surface area (Å²) in [4.78, 5) is 0. The van der Waals surface area contributed by atoms with Gasteiger partial charge in [-0.3, -0.25) is 0 Å². The second-order valence-electron chi connectivity index (χ2n) is 5.63. The minimum Gasteiger partial charge on any atom is -0.316 e. The Labute approximate surface area is 122 Å². The van der Waals surface area contributed by atoms with Crippen molar-refractivity contribution in [1.82, 2.24) is 15.5 Å². The van der Waals surface area contributed by atoms with E-state index in [2.05, 4.69) is 43.2 Å². The molecule has 0 aromatic carbocycles. The molecule has 1 N–H and O–H groups in total. The second-order valence-corrected chi connectivity index (χ2v) is 6.72. The van der Waals surface area contributed by atoms with Crippen molar-refractivity contribution in [3.05, 3.63) is 10.0 Å². The van der Waals surface area contributed by atoms with Crippen molar-refractivity contribution in [2.24, 2.45) is 5.92 Å². The van der Waals surface area contributed by atoms with Gasteiger partial charge in [0.1, 0.15) is 10.0 Å². The third kappa shape index (κ3) is 6.48. The summed E-state index contributed by atoms with van der Waals surface area (Å²) in [5, 5.41) is 14.6. The molecule has 1 heterocycles. The lowest BCUT2D eigenvalue weighted by Gasteiger charge is -2.09. The van der Waals surface area contributed by atoms with Gasteiger partial charge in [0.2, 0.25) is 0 Å². The second kappa shape index (κ2) is 9.43. The summed E-state index contributed by atoms with van der Waals surface area (Å²) in [5.41, 5.74) is 0. The van der Waals surface area contributed by atoms with Crippen LogP contribution in [0.25, 0.3) is 0 Å². The molecular weight excluding hydrogens is 254 g/mol. The van der Waals surface area contributed by atoms with E-state index in [0.29, 0.717) is 11.8 Å². The van der Waals surface area contributed by atoms with Crippen LogP contribution in [0.15, 0.2) is 0 Å². The molecule has 0 amide bonds. The van der Waals surface area contributed by atoms with E-state index in [4.69, 9.17) is 0 Å². The molecule has 0 radical (unpaired) electrons. The van der Waals surface area contributed by atoms with Crippen molar-refractivity contribution in [3.63, 3.8) is 0 Å². The Balaban J connectivity index is 2.37. The molecule has 0 saturated carbocycles. The van der Waals surface area contributed by atoms with E-state index in [1.165, 1.54) is 35.7 Å². The summed E-state index contributed by atoms with van der Waals surface area (Å²) in [5.74, 6) is 1.33. The van der Waals surface area contributed by atoms with Crippen molar-refractivity contribution in [1.29, 1.82) is 0 Å². The summed E-state index contributed by atoms with van der Waals surface area (Å²) < 4.78 is 0. The zero-order chi connectivity index (χ0) is 14.1. The van der Waals surface area contributed by atoms with Gasteiger partial charge in [0.05, 0.1) is 0 Å². The lowest BCUT2D eigenvalue weighted by molar-refractivity contribution is 0.552. The Hall–Kier alpha value is -0.480. The fourth-order valence-electron chi connectivity index (χ4n) is 2.07. The zero-order valence-corrected chi connectivity index (χ0v) is 13.7. The number of unbranched alkanes of at least 4 members (excludes halogenated alkanes) is 1. The summed E-state index contributed by atoms with van der Waals surface area (Å²) in [7, 11) is 0. The number of rotatable bonds is 10. The van der Waals surface area contributed by atoms with Gasteiger partial charge in [0, 0.05) is 18.9 Å². The molecule has 19 heavy (non-hydrogen) atoms. The highest BCUT2D eigenvalue weighted by Crippen LogP contribution is 2.27. The molecule has 3 nitrogen and oxygen atoms in total. The SMILES string of the molecule is CCCCC(CC)c1nnc(CCNCC(C)C)s1. The van der Waals surface area contributed by atoms with Crippen LogP contribution in [-0.4, -0.2) is 23.3 Å². The minimum absolute atomic E-state index is 0.620. The van der Waals surface area contributed by atoms with Crippen molar-refractivity contribution < 1.29 is 0 Å². The van der Waals surface area contributed by atoms with E-state index in [1.807, 2.05) is 11.3 Å². The maximum atomic E-state index is 4.39. The van der Waals surface area contributed by atoms with Gasteiger partial charge in [-0.15, -0.1) is 21.5 Å². The normalized spacial score (nSPS) is 13.1. The van der Waals surface area contributed by atoms with Gasteiger partial charge >= 0.3 is 0 Å². The van der Waals surface area contributed by atoms with Crippen LogP contribution in [0.1, 0.15) is 69.3 Å². The predicted molar refractivity (Wildman–Crippen MR) is 83.9 cm³/mol. The van der Waals surface area contributed by atoms with E-state index < -0.39 is 0 Å². The highest BCUT2D eigenvalue weighted by atomic mass is 32.1. The van der Waals surface area contributed by atoms with E-state index in [0.717, 1.165) is 19.5 Å². The maximum absolute atomic E-state index is 4.39. The monoisotopic (exact) mass is 283 g/mol. The molecule has 1 unspecified atom stereocenters. The maximum Gasteiger partial charge on any atom is 0.120 e. The fraction of sp³-hybridized carbons (Fsp3) is 0.867. The summed E-state index contributed by atoms with van der Waals surface area (Å²) in [6.07, 6.45) is 6.01. The Morgan fingerprint density at radius 1 is 1.21 bits per heavy atom. The number of hydrogen-bond acceptors (Lipinski definition) is 4. The van der Waals surface area contributed by atoms with E-state index in [9.17, 15) is 0 Å². The lowest BCUT2D eigenvalue weighted by atomic mass is 10.0. The zero-order valence-electron chi connectivity index (χ0n) is 12.9. The summed E-state index contributed by atoms with van der Waals surface area (Å²) in [6.45, 7) is 11.1. The largest absolute Gasteiger partial charge is 0.316 e. The first-order valence-corrected chi connectivity index (χ1v) is 8.51. The highest BCUT2D eigenvalue weighted by molar-refractivity contribution is 7.11. The molecule has 4 heteroatoms. The van der Waals surface area contributed by atoms with E-state index in [1.54, 1.807) is 0 Å². The quantitative estimate of drug-likeness (QED) is 0.659. The summed E-state index contributed by atoms with van der Waals surface area (Å²) in [6, 6.07) is 0. The molecule has 0 saturated heterocycles. The Bertz CT molecular complexity index is 336. The van der Waals surface area contributed by atoms with Gasteiger partial charge in [-0.1, -0.05) is 40.5 Å². The van der Waals surface area contributed by atoms with Gasteiger partial charge in [0.15, 0.2) is 0 Å². The first kappa shape index (κ1) is 16.6. The third-order valence-electron chi connectivity index (χ3n) is 3.30. The van der Waals surface area contributed by atoms with Crippen molar-refractivity contribution in [2.75, 3.05) is 13.1 Å². The minimum atomic E-state index is 0.620. The fourth-order valence-corrected chi connectivity index (χ4v) is 3.13. The molecule has 1 atom stereocenters. The first-order chi connectivity index (χ1) is 9.17. The molecular formula is C15H29N3S. The van der Waals surface area contributed by atoms with Gasteiger partial charge < -0.3 is 5.32 Å².